The van der Waals surface area contributed by atoms with Gasteiger partial charge >= 0.3 is 5.97 Å². The van der Waals surface area contributed by atoms with Gasteiger partial charge in [0.25, 0.3) is 5.70 Å². The van der Waals surface area contributed by atoms with Gasteiger partial charge in [-0.25, -0.2) is 4.85 Å². The molecule has 0 heterocycles. The highest BCUT2D eigenvalue weighted by atomic mass is 16.5. The fourth-order valence-corrected chi connectivity index (χ4v) is 0.785. The molecule has 0 atom stereocenters. The Bertz CT molecular complexity index is 226. The van der Waals surface area contributed by atoms with Crippen molar-refractivity contribution < 1.29 is 9.53 Å². The standard InChI is InChI=1S/C10H15NO2/c1-8(2)6-5-7-13-10(12)9(3)11-4/h8H,3,5-7H2,1-2H3. The summed E-state index contributed by atoms with van der Waals surface area (Å²) in [6.07, 6.45) is 1.87. The van der Waals surface area contributed by atoms with Crippen molar-refractivity contribution >= 4 is 5.97 Å². The predicted octanol–water partition coefficient (Wildman–Crippen LogP) is 2.40. The molecule has 13 heavy (non-hydrogen) atoms. The summed E-state index contributed by atoms with van der Waals surface area (Å²) < 4.78 is 4.79. The van der Waals surface area contributed by atoms with Crippen LogP contribution in [0.1, 0.15) is 26.7 Å². The number of rotatable bonds is 5. The van der Waals surface area contributed by atoms with Gasteiger partial charge in [0.1, 0.15) is 0 Å². The third-order valence-electron chi connectivity index (χ3n) is 1.53. The van der Waals surface area contributed by atoms with E-state index >= 15 is 0 Å². The van der Waals surface area contributed by atoms with Crippen molar-refractivity contribution in [2.45, 2.75) is 26.7 Å². The molecule has 0 aromatic carbocycles. The summed E-state index contributed by atoms with van der Waals surface area (Å²) in [6.45, 7) is 14.4. The van der Waals surface area contributed by atoms with Crippen LogP contribution in [0.3, 0.4) is 0 Å². The lowest BCUT2D eigenvalue weighted by molar-refractivity contribution is -0.138. The molecular formula is C10H15NO2. The largest absolute Gasteiger partial charge is 0.471 e. The van der Waals surface area contributed by atoms with E-state index in [0.717, 1.165) is 12.8 Å². The summed E-state index contributed by atoms with van der Waals surface area (Å²) in [5.41, 5.74) is -0.149. The molecule has 0 unspecified atom stereocenters. The van der Waals surface area contributed by atoms with E-state index in [-0.39, 0.29) is 5.70 Å². The first kappa shape index (κ1) is 11.7. The summed E-state index contributed by atoms with van der Waals surface area (Å²) in [5.74, 6) is 0.0153. The highest BCUT2D eigenvalue weighted by Crippen LogP contribution is 2.04. The van der Waals surface area contributed by atoms with Crippen LogP contribution in [0.4, 0.5) is 0 Å². The molecule has 0 radical (unpaired) electrons. The third kappa shape index (κ3) is 5.92. The molecular weight excluding hydrogens is 166 g/mol. The molecule has 0 rings (SSSR count). The zero-order valence-corrected chi connectivity index (χ0v) is 8.17. The van der Waals surface area contributed by atoms with Crippen molar-refractivity contribution in [3.63, 3.8) is 0 Å². The van der Waals surface area contributed by atoms with Crippen LogP contribution in [0.5, 0.6) is 0 Å². The average molecular weight is 181 g/mol. The summed E-state index contributed by atoms with van der Waals surface area (Å²) in [7, 11) is 0. The summed E-state index contributed by atoms with van der Waals surface area (Å²) >= 11 is 0. The van der Waals surface area contributed by atoms with Gasteiger partial charge in [-0.15, -0.1) is 0 Å². The first-order valence-electron chi connectivity index (χ1n) is 4.31. The molecule has 0 amide bonds. The molecule has 0 fully saturated rings. The van der Waals surface area contributed by atoms with Gasteiger partial charge in [-0.05, 0) is 18.8 Å². The Kier molecular flexibility index (Phi) is 5.62. The van der Waals surface area contributed by atoms with E-state index in [2.05, 4.69) is 25.3 Å². The minimum absolute atomic E-state index is 0.149. The highest BCUT2D eigenvalue weighted by Gasteiger charge is 2.07. The quantitative estimate of drug-likeness (QED) is 0.282. The summed E-state index contributed by atoms with van der Waals surface area (Å²) in [6, 6.07) is 0. The lowest BCUT2D eigenvalue weighted by atomic mass is 10.1. The maximum atomic E-state index is 10.9. The van der Waals surface area contributed by atoms with E-state index in [9.17, 15) is 4.79 Å². The Morgan fingerprint density at radius 2 is 2.23 bits per heavy atom. The van der Waals surface area contributed by atoms with E-state index < -0.39 is 5.97 Å². The van der Waals surface area contributed by atoms with E-state index in [1.807, 2.05) is 0 Å². The zero-order valence-electron chi connectivity index (χ0n) is 8.17. The van der Waals surface area contributed by atoms with Gasteiger partial charge in [0, 0.05) is 0 Å². The number of carbonyl (C=O) groups is 1. The van der Waals surface area contributed by atoms with Crippen LogP contribution < -0.4 is 0 Å². The molecule has 0 aromatic rings. The molecule has 0 bridgehead atoms. The molecule has 3 heteroatoms. The van der Waals surface area contributed by atoms with Gasteiger partial charge in [0.2, 0.25) is 0 Å². The minimum Gasteiger partial charge on any atom is -0.471 e. The van der Waals surface area contributed by atoms with Crippen LogP contribution in [-0.2, 0) is 9.53 Å². The number of carbonyl (C=O) groups excluding carboxylic acids is 1. The van der Waals surface area contributed by atoms with Crippen LogP contribution in [0, 0.1) is 12.5 Å². The number of ether oxygens (including phenoxy) is 1. The second-order valence-corrected chi connectivity index (χ2v) is 3.23. The van der Waals surface area contributed by atoms with E-state index in [1.165, 1.54) is 0 Å². The molecule has 3 nitrogen and oxygen atoms in total. The van der Waals surface area contributed by atoms with E-state index in [4.69, 9.17) is 11.3 Å². The maximum absolute atomic E-state index is 10.9. The third-order valence-corrected chi connectivity index (χ3v) is 1.53. The van der Waals surface area contributed by atoms with Crippen LogP contribution in [-0.4, -0.2) is 12.6 Å². The normalized spacial score (nSPS) is 9.38. The molecule has 0 saturated carbocycles. The second-order valence-electron chi connectivity index (χ2n) is 3.23. The minimum atomic E-state index is -0.598. The fourth-order valence-electron chi connectivity index (χ4n) is 0.785. The van der Waals surface area contributed by atoms with E-state index in [0.29, 0.717) is 12.5 Å². The molecule has 72 valence electrons. The van der Waals surface area contributed by atoms with Gasteiger partial charge < -0.3 is 4.74 Å². The average Bonchev–Trinajstić information content (AvgIpc) is 2.10. The Hall–Kier alpha value is -1.30. The molecule has 0 aliphatic rings. The van der Waals surface area contributed by atoms with E-state index in [1.54, 1.807) is 0 Å². The van der Waals surface area contributed by atoms with Gasteiger partial charge in [-0.3, -0.25) is 4.79 Å². The van der Waals surface area contributed by atoms with Crippen LogP contribution in [0.25, 0.3) is 4.85 Å². The monoisotopic (exact) mass is 181 g/mol. The molecule has 0 aliphatic heterocycles. The van der Waals surface area contributed by atoms with Crippen molar-refractivity contribution in [3.8, 4) is 0 Å². The molecule has 0 saturated heterocycles. The van der Waals surface area contributed by atoms with Gasteiger partial charge in [0.15, 0.2) is 0 Å². The van der Waals surface area contributed by atoms with Crippen molar-refractivity contribution in [2.75, 3.05) is 6.61 Å². The van der Waals surface area contributed by atoms with Crippen LogP contribution >= 0.6 is 0 Å². The molecule has 0 N–H and O–H groups in total. The van der Waals surface area contributed by atoms with Crippen molar-refractivity contribution in [3.05, 3.63) is 23.7 Å². The number of esters is 1. The Balaban J connectivity index is 3.50. The topological polar surface area (TPSA) is 30.7 Å². The maximum Gasteiger partial charge on any atom is 0.335 e. The van der Waals surface area contributed by atoms with Crippen molar-refractivity contribution in [1.29, 1.82) is 0 Å². The van der Waals surface area contributed by atoms with Gasteiger partial charge in [0.05, 0.1) is 13.2 Å². The molecule has 0 aromatic heterocycles. The summed E-state index contributed by atoms with van der Waals surface area (Å²) in [4.78, 5) is 13.8. The summed E-state index contributed by atoms with van der Waals surface area (Å²) in [5, 5.41) is 0. The van der Waals surface area contributed by atoms with Gasteiger partial charge in [-0.2, -0.15) is 0 Å². The lowest BCUT2D eigenvalue weighted by Gasteiger charge is -2.05. The lowest BCUT2D eigenvalue weighted by Crippen LogP contribution is -2.06. The Morgan fingerprint density at radius 3 is 2.69 bits per heavy atom. The second kappa shape index (κ2) is 6.24. The number of hydrogen-bond acceptors (Lipinski definition) is 2. The Morgan fingerprint density at radius 1 is 1.62 bits per heavy atom. The molecule has 0 spiro atoms. The number of nitrogens with zero attached hydrogens (tertiary/aromatic N) is 1. The first-order chi connectivity index (χ1) is 6.07. The highest BCUT2D eigenvalue weighted by molar-refractivity contribution is 5.89. The fraction of sp³-hybridized carbons (Fsp3) is 0.600. The number of hydrogen-bond donors (Lipinski definition) is 0. The SMILES string of the molecule is [C-]#[N+]C(=C)C(=O)OCCCC(C)C. The van der Waals surface area contributed by atoms with Crippen LogP contribution in [0.2, 0.25) is 0 Å². The Labute approximate surface area is 79.2 Å². The van der Waals surface area contributed by atoms with Crippen molar-refractivity contribution in [2.24, 2.45) is 5.92 Å². The first-order valence-corrected chi connectivity index (χ1v) is 4.31. The van der Waals surface area contributed by atoms with Gasteiger partial charge in [-0.1, -0.05) is 20.4 Å². The smallest absolute Gasteiger partial charge is 0.335 e. The van der Waals surface area contributed by atoms with Crippen LogP contribution in [0.15, 0.2) is 12.3 Å². The zero-order chi connectivity index (χ0) is 10.3. The van der Waals surface area contributed by atoms with Crippen molar-refractivity contribution in [1.82, 2.24) is 0 Å². The molecule has 0 aliphatic carbocycles. The predicted molar refractivity (Wildman–Crippen MR) is 50.8 cm³/mol.